The second-order valence-corrected chi connectivity index (χ2v) is 11.1. The Labute approximate surface area is 250 Å². The predicted molar refractivity (Wildman–Crippen MR) is 170 cm³/mol. The molecule has 0 heterocycles. The molecule has 0 saturated heterocycles. The van der Waals surface area contributed by atoms with E-state index in [0.717, 1.165) is 21.7 Å². The number of carbonyl (C=O) groups is 3. The standard InChI is InChI=1S/C34H33N3O4S/c1-22-14-15-23(2)29(20-22)36-32(38)24(3)42-28-18-16-27(17-19-28)35-34(40)30(21-26-12-8-9-13-31(26)41-4)37-33(39)25-10-6-5-7-11-25/h5-21,24H,1-4H3,(H,35,40)(H,36,38)(H,37,39)/b30-21-. The summed E-state index contributed by atoms with van der Waals surface area (Å²) in [6, 6.07) is 29.1. The maximum atomic E-state index is 13.4. The van der Waals surface area contributed by atoms with E-state index in [4.69, 9.17) is 4.74 Å². The summed E-state index contributed by atoms with van der Waals surface area (Å²) in [5, 5.41) is 8.26. The van der Waals surface area contributed by atoms with Crippen molar-refractivity contribution in [1.82, 2.24) is 5.32 Å². The third-order valence-electron chi connectivity index (χ3n) is 6.41. The first-order valence-corrected chi connectivity index (χ1v) is 14.3. The maximum Gasteiger partial charge on any atom is 0.272 e. The van der Waals surface area contributed by atoms with Crippen molar-refractivity contribution in [3.05, 3.63) is 125 Å². The lowest BCUT2D eigenvalue weighted by atomic mass is 10.1. The Bertz CT molecular complexity index is 1600. The number of ether oxygens (including phenoxy) is 1. The van der Waals surface area contributed by atoms with Crippen molar-refractivity contribution in [3.8, 4) is 5.75 Å². The van der Waals surface area contributed by atoms with Crippen molar-refractivity contribution < 1.29 is 19.1 Å². The second-order valence-electron chi connectivity index (χ2n) is 9.67. The number of methoxy groups -OCH3 is 1. The molecule has 0 aliphatic rings. The molecule has 42 heavy (non-hydrogen) atoms. The molecule has 0 aromatic heterocycles. The number of nitrogens with one attached hydrogen (secondary N) is 3. The van der Waals surface area contributed by atoms with Gasteiger partial charge in [-0.1, -0.05) is 48.5 Å². The van der Waals surface area contributed by atoms with Crippen molar-refractivity contribution in [1.29, 1.82) is 0 Å². The highest BCUT2D eigenvalue weighted by molar-refractivity contribution is 8.00. The molecule has 0 radical (unpaired) electrons. The first-order valence-electron chi connectivity index (χ1n) is 13.4. The Kier molecular flexibility index (Phi) is 10.2. The minimum Gasteiger partial charge on any atom is -0.496 e. The lowest BCUT2D eigenvalue weighted by molar-refractivity contribution is -0.115. The molecule has 3 N–H and O–H groups in total. The molecule has 0 saturated carbocycles. The number of hydrogen-bond donors (Lipinski definition) is 3. The van der Waals surface area contributed by atoms with E-state index in [1.165, 1.54) is 11.8 Å². The zero-order valence-electron chi connectivity index (χ0n) is 23.9. The summed E-state index contributed by atoms with van der Waals surface area (Å²) in [5.41, 5.74) is 4.55. The third kappa shape index (κ3) is 8.11. The predicted octanol–water partition coefficient (Wildman–Crippen LogP) is 6.84. The average molecular weight is 580 g/mol. The van der Waals surface area contributed by atoms with Gasteiger partial charge in [0.25, 0.3) is 11.8 Å². The van der Waals surface area contributed by atoms with Crippen LogP contribution in [0.15, 0.2) is 108 Å². The number of benzene rings is 4. The van der Waals surface area contributed by atoms with Crippen LogP contribution in [0.4, 0.5) is 11.4 Å². The van der Waals surface area contributed by atoms with E-state index in [9.17, 15) is 14.4 Å². The fourth-order valence-corrected chi connectivity index (χ4v) is 4.93. The molecule has 0 aliphatic carbocycles. The lowest BCUT2D eigenvalue weighted by Crippen LogP contribution is -2.30. The number of rotatable bonds is 10. The Morgan fingerprint density at radius 3 is 2.24 bits per heavy atom. The summed E-state index contributed by atoms with van der Waals surface area (Å²) in [5.74, 6) is -0.432. The van der Waals surface area contributed by atoms with Crippen molar-refractivity contribution in [2.24, 2.45) is 0 Å². The normalized spacial score (nSPS) is 11.8. The van der Waals surface area contributed by atoms with E-state index in [-0.39, 0.29) is 16.9 Å². The smallest absolute Gasteiger partial charge is 0.272 e. The van der Waals surface area contributed by atoms with Gasteiger partial charge >= 0.3 is 0 Å². The highest BCUT2D eigenvalue weighted by Gasteiger charge is 2.18. The summed E-state index contributed by atoms with van der Waals surface area (Å²) in [6.45, 7) is 5.80. The van der Waals surface area contributed by atoms with Gasteiger partial charge in [0.1, 0.15) is 11.4 Å². The Hall–Kier alpha value is -4.82. The number of hydrogen-bond acceptors (Lipinski definition) is 5. The van der Waals surface area contributed by atoms with E-state index >= 15 is 0 Å². The van der Waals surface area contributed by atoms with Gasteiger partial charge in [0.15, 0.2) is 0 Å². The van der Waals surface area contributed by atoms with Gasteiger partial charge in [0.05, 0.1) is 12.4 Å². The summed E-state index contributed by atoms with van der Waals surface area (Å²) >= 11 is 1.42. The Morgan fingerprint density at radius 2 is 1.52 bits per heavy atom. The van der Waals surface area contributed by atoms with Crippen LogP contribution in [0.3, 0.4) is 0 Å². The molecule has 8 heteroatoms. The van der Waals surface area contributed by atoms with Crippen LogP contribution in [-0.2, 0) is 9.59 Å². The molecule has 0 aliphatic heterocycles. The number of anilines is 2. The number of carbonyl (C=O) groups excluding carboxylic acids is 3. The van der Waals surface area contributed by atoms with Crippen LogP contribution in [0.5, 0.6) is 5.75 Å². The minimum atomic E-state index is -0.494. The van der Waals surface area contributed by atoms with Gasteiger partial charge in [-0.15, -0.1) is 11.8 Å². The molecule has 3 amide bonds. The van der Waals surface area contributed by atoms with Gasteiger partial charge < -0.3 is 20.7 Å². The van der Waals surface area contributed by atoms with Crippen LogP contribution in [0.1, 0.15) is 34.0 Å². The van der Waals surface area contributed by atoms with E-state index in [1.54, 1.807) is 61.7 Å². The highest BCUT2D eigenvalue weighted by Crippen LogP contribution is 2.27. The van der Waals surface area contributed by atoms with Gasteiger partial charge in [0, 0.05) is 27.4 Å². The maximum absolute atomic E-state index is 13.4. The number of amides is 3. The third-order valence-corrected chi connectivity index (χ3v) is 7.52. The van der Waals surface area contributed by atoms with Gasteiger partial charge in [0.2, 0.25) is 5.91 Å². The number of thioether (sulfide) groups is 1. The van der Waals surface area contributed by atoms with Gasteiger partial charge in [-0.2, -0.15) is 0 Å². The summed E-state index contributed by atoms with van der Waals surface area (Å²) in [4.78, 5) is 40.0. The molecular weight excluding hydrogens is 546 g/mol. The van der Waals surface area contributed by atoms with Crippen LogP contribution in [-0.4, -0.2) is 30.1 Å². The van der Waals surface area contributed by atoms with Gasteiger partial charge in [-0.25, -0.2) is 0 Å². The van der Waals surface area contributed by atoms with Crippen LogP contribution in [0.25, 0.3) is 6.08 Å². The Morgan fingerprint density at radius 1 is 0.833 bits per heavy atom. The largest absolute Gasteiger partial charge is 0.496 e. The Balaban J connectivity index is 1.46. The van der Waals surface area contributed by atoms with Crippen LogP contribution >= 0.6 is 11.8 Å². The van der Waals surface area contributed by atoms with E-state index < -0.39 is 11.8 Å². The first-order chi connectivity index (χ1) is 20.2. The molecule has 1 atom stereocenters. The number of aryl methyl sites for hydroxylation is 2. The molecule has 214 valence electrons. The van der Waals surface area contributed by atoms with Crippen LogP contribution in [0, 0.1) is 13.8 Å². The number of para-hydroxylation sites is 1. The van der Waals surface area contributed by atoms with Gasteiger partial charge in [-0.05, 0) is 86.5 Å². The average Bonchev–Trinajstić information content (AvgIpc) is 3.00. The molecule has 0 fully saturated rings. The second kappa shape index (κ2) is 14.2. The molecule has 0 bridgehead atoms. The molecule has 4 aromatic rings. The quantitative estimate of drug-likeness (QED) is 0.141. The van der Waals surface area contributed by atoms with Crippen LogP contribution in [0.2, 0.25) is 0 Å². The van der Waals surface area contributed by atoms with Gasteiger partial charge in [-0.3, -0.25) is 14.4 Å². The van der Waals surface area contributed by atoms with Crippen molar-refractivity contribution in [2.75, 3.05) is 17.7 Å². The molecular formula is C34H33N3O4S. The van der Waals surface area contributed by atoms with Crippen LogP contribution < -0.4 is 20.7 Å². The SMILES string of the molecule is COc1ccccc1/C=C(\NC(=O)c1ccccc1)C(=O)Nc1ccc(SC(C)C(=O)Nc2cc(C)ccc2C)cc1. The van der Waals surface area contributed by atoms with E-state index in [1.807, 2.05) is 69.3 Å². The van der Waals surface area contributed by atoms with E-state index in [2.05, 4.69) is 16.0 Å². The molecule has 1 unspecified atom stereocenters. The van der Waals surface area contributed by atoms with E-state index in [0.29, 0.717) is 22.6 Å². The monoisotopic (exact) mass is 579 g/mol. The topological polar surface area (TPSA) is 96.5 Å². The fraction of sp³-hybridized carbons (Fsp3) is 0.147. The molecule has 7 nitrogen and oxygen atoms in total. The molecule has 4 rings (SSSR count). The molecule has 4 aromatic carbocycles. The van der Waals surface area contributed by atoms with Crippen molar-refractivity contribution >= 4 is 46.9 Å². The van der Waals surface area contributed by atoms with Crippen molar-refractivity contribution in [3.63, 3.8) is 0 Å². The minimum absolute atomic E-state index is 0.0588. The summed E-state index contributed by atoms with van der Waals surface area (Å²) < 4.78 is 5.42. The summed E-state index contributed by atoms with van der Waals surface area (Å²) in [6.07, 6.45) is 1.58. The first kappa shape index (κ1) is 30.1. The summed E-state index contributed by atoms with van der Waals surface area (Å²) in [7, 11) is 1.54. The fourth-order valence-electron chi connectivity index (χ4n) is 4.06. The zero-order valence-corrected chi connectivity index (χ0v) is 24.8. The lowest BCUT2D eigenvalue weighted by Gasteiger charge is -2.15. The zero-order chi connectivity index (χ0) is 30.1. The van der Waals surface area contributed by atoms with Crippen molar-refractivity contribution in [2.45, 2.75) is 30.9 Å². The highest BCUT2D eigenvalue weighted by atomic mass is 32.2. The molecule has 0 spiro atoms.